The second-order valence-electron chi connectivity index (χ2n) is 8.70. The molecule has 1 aliphatic rings. The largest absolute Gasteiger partial charge is 0.492 e. The summed E-state index contributed by atoms with van der Waals surface area (Å²) in [5.74, 6) is -0.0491. The van der Waals surface area contributed by atoms with E-state index in [0.717, 1.165) is 28.0 Å². The van der Waals surface area contributed by atoms with Crippen LogP contribution < -0.4 is 16.0 Å². The smallest absolute Gasteiger partial charge is 0.265 e. The van der Waals surface area contributed by atoms with E-state index in [1.165, 1.54) is 23.6 Å². The minimum Gasteiger partial charge on any atom is -0.492 e. The van der Waals surface area contributed by atoms with Gasteiger partial charge in [0.05, 0.1) is 0 Å². The topological polar surface area (TPSA) is 122 Å². The van der Waals surface area contributed by atoms with E-state index in [1.807, 2.05) is 31.2 Å². The van der Waals surface area contributed by atoms with Crippen molar-refractivity contribution in [1.29, 1.82) is 0 Å². The number of aryl methyl sites for hydroxylation is 1. The minimum absolute atomic E-state index is 0.148. The quantitative estimate of drug-likeness (QED) is 0.400. The van der Waals surface area contributed by atoms with E-state index in [0.29, 0.717) is 39.1 Å². The SMILES string of the molecule is Cc1cc(C2CCN(S(=O)(=O)C(C)(C)C(=O)NO)CC2)c#cc1-c1cccc(OCCN)c1. The fourth-order valence-corrected chi connectivity index (χ4v) is 5.61. The molecule has 1 fully saturated rings. The number of benzene rings is 1. The molecular weight excluding hydrogens is 442 g/mol. The lowest BCUT2D eigenvalue weighted by Crippen LogP contribution is -2.54. The summed E-state index contributed by atoms with van der Waals surface area (Å²) >= 11 is 0. The van der Waals surface area contributed by atoms with Crippen molar-refractivity contribution in [1.82, 2.24) is 9.79 Å². The molecule has 0 radical (unpaired) electrons. The van der Waals surface area contributed by atoms with Crippen molar-refractivity contribution < 1.29 is 23.2 Å². The van der Waals surface area contributed by atoms with Crippen molar-refractivity contribution in [2.24, 2.45) is 5.73 Å². The lowest BCUT2D eigenvalue weighted by Gasteiger charge is -2.35. The van der Waals surface area contributed by atoms with Crippen LogP contribution in [0.5, 0.6) is 5.75 Å². The average Bonchev–Trinajstić information content (AvgIpc) is 2.82. The Morgan fingerprint density at radius 2 is 1.97 bits per heavy atom. The summed E-state index contributed by atoms with van der Waals surface area (Å²) in [6.07, 6.45) is 1.23. The first-order valence-corrected chi connectivity index (χ1v) is 12.4. The number of ether oxygens (including phenoxy) is 1. The van der Waals surface area contributed by atoms with Crippen molar-refractivity contribution in [2.75, 3.05) is 26.2 Å². The van der Waals surface area contributed by atoms with Gasteiger partial charge in [-0.2, -0.15) is 0 Å². The van der Waals surface area contributed by atoms with Crippen LogP contribution in [0.3, 0.4) is 0 Å². The molecule has 0 saturated carbocycles. The molecule has 1 amide bonds. The van der Waals surface area contributed by atoms with Crippen LogP contribution in [-0.4, -0.2) is 54.8 Å². The molecule has 33 heavy (non-hydrogen) atoms. The van der Waals surface area contributed by atoms with Crippen molar-refractivity contribution >= 4 is 15.9 Å². The van der Waals surface area contributed by atoms with Gasteiger partial charge in [-0.25, -0.2) is 18.2 Å². The number of rotatable bonds is 8. The van der Waals surface area contributed by atoms with Gasteiger partial charge in [-0.3, -0.25) is 10.0 Å². The molecule has 1 heterocycles. The van der Waals surface area contributed by atoms with Crippen LogP contribution in [0.15, 0.2) is 30.3 Å². The highest BCUT2D eigenvalue weighted by atomic mass is 32.2. The van der Waals surface area contributed by atoms with Crippen LogP contribution in [0.25, 0.3) is 11.1 Å². The van der Waals surface area contributed by atoms with Gasteiger partial charge in [0.2, 0.25) is 10.0 Å². The van der Waals surface area contributed by atoms with Gasteiger partial charge in [0, 0.05) is 30.8 Å². The van der Waals surface area contributed by atoms with Gasteiger partial charge in [-0.1, -0.05) is 24.3 Å². The summed E-state index contributed by atoms with van der Waals surface area (Å²) in [5, 5.41) is 8.90. The van der Waals surface area contributed by atoms with Crippen LogP contribution in [0.2, 0.25) is 0 Å². The molecule has 0 bridgehead atoms. The first-order valence-electron chi connectivity index (χ1n) is 10.9. The summed E-state index contributed by atoms with van der Waals surface area (Å²) in [6, 6.07) is 16.4. The zero-order valence-corrected chi connectivity index (χ0v) is 20.0. The van der Waals surface area contributed by atoms with Gasteiger partial charge >= 0.3 is 0 Å². The van der Waals surface area contributed by atoms with Gasteiger partial charge in [0.25, 0.3) is 5.91 Å². The number of sulfonamides is 1. The molecule has 9 heteroatoms. The standard InChI is InChI=1S/C24H31N3O5S/c1-17-15-19(7-8-22(17)20-5-4-6-21(16-20)32-14-11-25)18-9-12-27(13-10-18)33(30,31)24(2,3)23(28)26-29/h4-6,15-16,18,29H,9-14,25H2,1-3H3,(H,26,28). The van der Waals surface area contributed by atoms with E-state index in [2.05, 4.69) is 18.2 Å². The Labute approximate surface area is 195 Å². The maximum absolute atomic E-state index is 12.9. The minimum atomic E-state index is -3.92. The predicted molar refractivity (Wildman–Crippen MR) is 125 cm³/mol. The molecule has 0 aliphatic carbocycles. The maximum atomic E-state index is 12.9. The Balaban J connectivity index is 1.72. The molecule has 178 valence electrons. The molecule has 1 aliphatic heterocycles. The van der Waals surface area contributed by atoms with E-state index >= 15 is 0 Å². The third-order valence-corrected chi connectivity index (χ3v) is 8.65. The van der Waals surface area contributed by atoms with Crippen molar-refractivity contribution in [3.05, 3.63) is 53.6 Å². The molecule has 0 spiro atoms. The summed E-state index contributed by atoms with van der Waals surface area (Å²) in [6.45, 7) is 6.10. The van der Waals surface area contributed by atoms with Crippen LogP contribution >= 0.6 is 0 Å². The number of nitrogens with one attached hydrogen (secondary N) is 1. The number of hydroxylamine groups is 1. The zero-order chi connectivity index (χ0) is 24.2. The Bertz CT molecular complexity index is 1090. The van der Waals surface area contributed by atoms with Crippen molar-refractivity contribution in [3.8, 4) is 16.9 Å². The van der Waals surface area contributed by atoms with Crippen molar-refractivity contribution in [2.45, 2.75) is 44.3 Å². The molecule has 3 rings (SSSR count). The van der Waals surface area contributed by atoms with E-state index in [1.54, 1.807) is 0 Å². The van der Waals surface area contributed by atoms with Crippen LogP contribution in [-0.2, 0) is 14.8 Å². The molecule has 0 unspecified atom stereocenters. The molecular formula is C24H31N3O5S. The number of nitrogens with two attached hydrogens (primary N) is 1. The number of carbonyl (C=O) groups is 1. The van der Waals surface area contributed by atoms with Crippen LogP contribution in [0.1, 0.15) is 43.7 Å². The number of hydrogen-bond donors (Lipinski definition) is 3. The maximum Gasteiger partial charge on any atom is 0.265 e. The van der Waals surface area contributed by atoms with Gasteiger partial charge in [-0.15, -0.1) is 0 Å². The predicted octanol–water partition coefficient (Wildman–Crippen LogP) is 2.39. The Morgan fingerprint density at radius 1 is 1.27 bits per heavy atom. The first kappa shape index (κ1) is 25.0. The van der Waals surface area contributed by atoms with E-state index in [9.17, 15) is 13.2 Å². The fourth-order valence-electron chi connectivity index (χ4n) is 3.99. The fraction of sp³-hybridized carbons (Fsp3) is 0.458. The lowest BCUT2D eigenvalue weighted by atomic mass is 9.89. The molecule has 0 aromatic heterocycles. The second kappa shape index (κ2) is 10.1. The summed E-state index contributed by atoms with van der Waals surface area (Å²) in [5.41, 5.74) is 10.9. The van der Waals surface area contributed by atoms with Gasteiger partial charge in [0.15, 0.2) is 4.75 Å². The molecule has 8 nitrogen and oxygen atoms in total. The monoisotopic (exact) mass is 473 g/mol. The second-order valence-corrected chi connectivity index (χ2v) is 11.2. The molecule has 2 aromatic carbocycles. The molecule has 0 atom stereocenters. The van der Waals surface area contributed by atoms with E-state index < -0.39 is 20.7 Å². The van der Waals surface area contributed by atoms with Crippen molar-refractivity contribution in [3.63, 3.8) is 0 Å². The highest BCUT2D eigenvalue weighted by Gasteiger charge is 2.46. The van der Waals surface area contributed by atoms with E-state index in [-0.39, 0.29) is 5.92 Å². The summed E-state index contributed by atoms with van der Waals surface area (Å²) in [7, 11) is -3.92. The molecule has 4 N–H and O–H groups in total. The third kappa shape index (κ3) is 5.14. The van der Waals surface area contributed by atoms with Crippen LogP contribution in [0, 0.1) is 19.1 Å². The van der Waals surface area contributed by atoms with Gasteiger partial charge in [0.1, 0.15) is 12.4 Å². The van der Waals surface area contributed by atoms with Gasteiger partial charge in [-0.05, 0) is 68.9 Å². The highest BCUT2D eigenvalue weighted by Crippen LogP contribution is 2.33. The van der Waals surface area contributed by atoms with Gasteiger partial charge < -0.3 is 10.5 Å². The molecule has 1 saturated heterocycles. The Morgan fingerprint density at radius 3 is 2.58 bits per heavy atom. The van der Waals surface area contributed by atoms with E-state index in [4.69, 9.17) is 15.7 Å². The highest BCUT2D eigenvalue weighted by molar-refractivity contribution is 7.91. The number of piperidine rings is 1. The first-order chi connectivity index (χ1) is 15.6. The normalized spacial score (nSPS) is 15.7. The number of carbonyl (C=O) groups excluding carboxylic acids is 1. The third-order valence-electron chi connectivity index (χ3n) is 6.13. The van der Waals surface area contributed by atoms with Crippen LogP contribution in [0.4, 0.5) is 0 Å². The average molecular weight is 474 g/mol. The Hall–Kier alpha value is -2.64. The molecule has 2 aromatic rings. The summed E-state index contributed by atoms with van der Waals surface area (Å²) in [4.78, 5) is 11.9. The summed E-state index contributed by atoms with van der Waals surface area (Å²) < 4.78 is 31.0. The Kier molecular flexibility index (Phi) is 7.65. The number of hydrogen-bond acceptors (Lipinski definition) is 6. The zero-order valence-electron chi connectivity index (χ0n) is 19.2. The lowest BCUT2D eigenvalue weighted by molar-refractivity contribution is -0.131. The number of nitrogens with zero attached hydrogens (tertiary/aromatic N) is 1. The number of amides is 1.